The zero-order valence-electron chi connectivity index (χ0n) is 17.0. The van der Waals surface area contributed by atoms with Gasteiger partial charge >= 0.3 is 6.03 Å². The lowest BCUT2D eigenvalue weighted by atomic mass is 9.95. The molecule has 0 aliphatic carbocycles. The molecular formula is C20H25ClN4O3S. The van der Waals surface area contributed by atoms with Crippen molar-refractivity contribution in [3.05, 3.63) is 44.7 Å². The molecule has 1 N–H and O–H groups in total. The standard InChI is InChI=1S/C20H25ClN4O3S/c1-20(2,3)16-12-25(10-9-24-8-7-22-18(24)27)19(29-16)23-17(26)14-11-13(21)5-6-15(14)28-4/h5-6,11-12H,7-10H2,1-4H3,(H,22,27). The zero-order valence-corrected chi connectivity index (χ0v) is 18.6. The molecule has 3 rings (SSSR count). The van der Waals surface area contributed by atoms with Crippen LogP contribution in [-0.4, -0.2) is 48.1 Å². The van der Waals surface area contributed by atoms with Crippen LogP contribution in [0.25, 0.3) is 0 Å². The van der Waals surface area contributed by atoms with Gasteiger partial charge in [-0.2, -0.15) is 4.99 Å². The van der Waals surface area contributed by atoms with E-state index >= 15 is 0 Å². The second-order valence-electron chi connectivity index (χ2n) is 7.80. The fourth-order valence-electron chi connectivity index (χ4n) is 2.92. The number of methoxy groups -OCH3 is 1. The number of ether oxygens (including phenoxy) is 1. The molecule has 2 heterocycles. The Bertz CT molecular complexity index is 990. The molecule has 156 valence electrons. The molecule has 1 aromatic carbocycles. The zero-order chi connectivity index (χ0) is 21.2. The highest BCUT2D eigenvalue weighted by Crippen LogP contribution is 2.25. The van der Waals surface area contributed by atoms with Crippen LogP contribution in [0, 0.1) is 0 Å². The van der Waals surface area contributed by atoms with E-state index in [1.807, 2.05) is 10.8 Å². The second kappa shape index (κ2) is 8.59. The lowest BCUT2D eigenvalue weighted by Gasteiger charge is -2.15. The van der Waals surface area contributed by atoms with Gasteiger partial charge in [0.2, 0.25) is 0 Å². The minimum atomic E-state index is -0.417. The number of hydrogen-bond acceptors (Lipinski definition) is 4. The molecule has 1 aromatic heterocycles. The lowest BCUT2D eigenvalue weighted by Crippen LogP contribution is -2.32. The van der Waals surface area contributed by atoms with Gasteiger partial charge in [-0.3, -0.25) is 4.79 Å². The predicted molar refractivity (Wildman–Crippen MR) is 114 cm³/mol. The summed E-state index contributed by atoms with van der Waals surface area (Å²) in [6.07, 6.45) is 2.01. The highest BCUT2D eigenvalue weighted by atomic mass is 35.5. The summed E-state index contributed by atoms with van der Waals surface area (Å²) >= 11 is 7.53. The summed E-state index contributed by atoms with van der Waals surface area (Å²) in [5, 5.41) is 3.24. The summed E-state index contributed by atoms with van der Waals surface area (Å²) in [5.74, 6) is 0.00960. The van der Waals surface area contributed by atoms with Crippen LogP contribution in [0.15, 0.2) is 29.4 Å². The summed E-state index contributed by atoms with van der Waals surface area (Å²) in [4.78, 5) is 32.5. The van der Waals surface area contributed by atoms with E-state index in [1.165, 1.54) is 18.4 Å². The molecule has 1 fully saturated rings. The Morgan fingerprint density at radius 1 is 1.34 bits per heavy atom. The Labute approximate surface area is 179 Å². The quantitative estimate of drug-likeness (QED) is 0.781. The number of urea groups is 1. The Morgan fingerprint density at radius 2 is 2.10 bits per heavy atom. The summed E-state index contributed by atoms with van der Waals surface area (Å²) in [6, 6.07) is 4.82. The second-order valence-corrected chi connectivity index (χ2v) is 9.25. The molecule has 1 aliphatic rings. The molecule has 0 bridgehead atoms. The summed E-state index contributed by atoms with van der Waals surface area (Å²) in [7, 11) is 1.50. The van der Waals surface area contributed by atoms with Gasteiger partial charge in [0.1, 0.15) is 5.75 Å². The Kier molecular flexibility index (Phi) is 6.33. The van der Waals surface area contributed by atoms with Crippen molar-refractivity contribution >= 4 is 34.9 Å². The van der Waals surface area contributed by atoms with Crippen molar-refractivity contribution in [2.45, 2.75) is 32.7 Å². The SMILES string of the molecule is COc1ccc(Cl)cc1C(=O)N=c1sc(C(C)(C)C)cn1CCN1CCNC1=O. The van der Waals surface area contributed by atoms with Crippen molar-refractivity contribution in [1.82, 2.24) is 14.8 Å². The van der Waals surface area contributed by atoms with Crippen LogP contribution >= 0.6 is 22.9 Å². The summed E-state index contributed by atoms with van der Waals surface area (Å²) in [5.41, 5.74) is 0.235. The van der Waals surface area contributed by atoms with Gasteiger partial charge < -0.3 is 19.5 Å². The number of carbonyl (C=O) groups is 2. The molecule has 1 saturated heterocycles. The molecule has 3 amide bonds. The highest BCUT2D eigenvalue weighted by molar-refractivity contribution is 7.09. The number of carbonyl (C=O) groups excluding carboxylic acids is 2. The van der Waals surface area contributed by atoms with Gasteiger partial charge in [-0.25, -0.2) is 4.79 Å². The smallest absolute Gasteiger partial charge is 0.317 e. The van der Waals surface area contributed by atoms with Gasteiger partial charge in [-0.15, -0.1) is 11.3 Å². The molecular weight excluding hydrogens is 412 g/mol. The van der Waals surface area contributed by atoms with Gasteiger partial charge in [-0.05, 0) is 23.6 Å². The topological polar surface area (TPSA) is 75.9 Å². The molecule has 0 spiro atoms. The molecule has 9 heteroatoms. The Balaban J connectivity index is 1.96. The molecule has 0 radical (unpaired) electrons. The van der Waals surface area contributed by atoms with E-state index in [0.29, 0.717) is 47.3 Å². The van der Waals surface area contributed by atoms with Gasteiger partial charge in [0.05, 0.1) is 12.7 Å². The third kappa shape index (κ3) is 5.00. The minimum absolute atomic E-state index is 0.0601. The maximum atomic E-state index is 12.9. The normalized spacial score (nSPS) is 15.0. The summed E-state index contributed by atoms with van der Waals surface area (Å²) in [6.45, 7) is 8.78. The van der Waals surface area contributed by atoms with E-state index in [9.17, 15) is 9.59 Å². The number of amides is 3. The van der Waals surface area contributed by atoms with Crippen molar-refractivity contribution in [1.29, 1.82) is 0 Å². The monoisotopic (exact) mass is 436 g/mol. The number of hydrogen-bond donors (Lipinski definition) is 1. The first-order chi connectivity index (χ1) is 13.7. The van der Waals surface area contributed by atoms with Crippen LogP contribution in [0.4, 0.5) is 4.79 Å². The van der Waals surface area contributed by atoms with E-state index in [0.717, 1.165) is 4.88 Å². The van der Waals surface area contributed by atoms with Crippen molar-refractivity contribution < 1.29 is 14.3 Å². The summed E-state index contributed by atoms with van der Waals surface area (Å²) < 4.78 is 7.22. The number of nitrogens with one attached hydrogen (secondary N) is 1. The van der Waals surface area contributed by atoms with E-state index in [-0.39, 0.29) is 11.4 Å². The fourth-order valence-corrected chi connectivity index (χ4v) is 4.17. The molecule has 0 atom stereocenters. The van der Waals surface area contributed by atoms with Gasteiger partial charge in [0.15, 0.2) is 4.80 Å². The minimum Gasteiger partial charge on any atom is -0.496 e. The van der Waals surface area contributed by atoms with E-state index in [4.69, 9.17) is 16.3 Å². The number of rotatable bonds is 5. The average Bonchev–Trinajstić information content (AvgIpc) is 3.25. The Morgan fingerprint density at radius 3 is 2.72 bits per heavy atom. The van der Waals surface area contributed by atoms with Crippen LogP contribution in [0.3, 0.4) is 0 Å². The van der Waals surface area contributed by atoms with E-state index < -0.39 is 5.91 Å². The third-order valence-corrected chi connectivity index (χ3v) is 6.29. The number of benzene rings is 1. The van der Waals surface area contributed by atoms with Crippen molar-refractivity contribution in [3.8, 4) is 5.75 Å². The number of thiazole rings is 1. The molecule has 2 aromatic rings. The number of nitrogens with zero attached hydrogens (tertiary/aromatic N) is 3. The van der Waals surface area contributed by atoms with Gasteiger partial charge in [0.25, 0.3) is 5.91 Å². The maximum absolute atomic E-state index is 12.9. The van der Waals surface area contributed by atoms with Crippen LogP contribution in [0.2, 0.25) is 5.02 Å². The van der Waals surface area contributed by atoms with Crippen LogP contribution < -0.4 is 14.9 Å². The highest BCUT2D eigenvalue weighted by Gasteiger charge is 2.22. The van der Waals surface area contributed by atoms with E-state index in [1.54, 1.807) is 23.1 Å². The largest absolute Gasteiger partial charge is 0.496 e. The first kappa shape index (κ1) is 21.4. The molecule has 29 heavy (non-hydrogen) atoms. The van der Waals surface area contributed by atoms with Gasteiger partial charge in [-0.1, -0.05) is 32.4 Å². The van der Waals surface area contributed by atoms with Crippen molar-refractivity contribution in [3.63, 3.8) is 0 Å². The lowest BCUT2D eigenvalue weighted by molar-refractivity contribution is 0.0994. The molecule has 0 unspecified atom stereocenters. The Hall–Kier alpha value is -2.32. The molecule has 0 saturated carbocycles. The number of aromatic nitrogens is 1. The van der Waals surface area contributed by atoms with Crippen molar-refractivity contribution in [2.24, 2.45) is 4.99 Å². The van der Waals surface area contributed by atoms with Crippen LogP contribution in [0.1, 0.15) is 36.0 Å². The predicted octanol–water partition coefficient (Wildman–Crippen LogP) is 3.28. The average molecular weight is 437 g/mol. The van der Waals surface area contributed by atoms with Gasteiger partial charge in [0, 0.05) is 42.3 Å². The fraction of sp³-hybridized carbons (Fsp3) is 0.450. The maximum Gasteiger partial charge on any atom is 0.317 e. The van der Waals surface area contributed by atoms with Crippen LogP contribution in [0.5, 0.6) is 5.75 Å². The third-order valence-electron chi connectivity index (χ3n) is 4.60. The number of halogens is 1. The molecule has 1 aliphatic heterocycles. The first-order valence-electron chi connectivity index (χ1n) is 9.35. The van der Waals surface area contributed by atoms with Crippen molar-refractivity contribution in [2.75, 3.05) is 26.7 Å². The van der Waals surface area contributed by atoms with E-state index in [2.05, 4.69) is 31.1 Å². The first-order valence-corrected chi connectivity index (χ1v) is 10.5. The molecule has 7 nitrogen and oxygen atoms in total. The van der Waals surface area contributed by atoms with Crippen LogP contribution in [-0.2, 0) is 12.0 Å².